The van der Waals surface area contributed by atoms with E-state index in [2.05, 4.69) is 50.4 Å². The van der Waals surface area contributed by atoms with Crippen molar-refractivity contribution < 1.29 is 18.7 Å². The van der Waals surface area contributed by atoms with E-state index in [9.17, 15) is 9.18 Å². The molecule has 4 aliphatic rings. The van der Waals surface area contributed by atoms with E-state index in [1.165, 1.54) is 4.90 Å². The van der Waals surface area contributed by atoms with Gasteiger partial charge in [-0.25, -0.2) is 11.0 Å². The SMILES string of the molecule is [C-]#[N+]C[C@H]1CN(c2nc(OCC3CCCN(C4CCOCC4)C3)nc3c2CCN(c2cccc4cccc(Cl)c24)C3)CCN1C(=O)C(=C)F. The molecule has 3 aromatic rings. The van der Waals surface area contributed by atoms with Gasteiger partial charge in [0, 0.05) is 74.5 Å². The molecule has 3 saturated heterocycles. The summed E-state index contributed by atoms with van der Waals surface area (Å²) in [5.41, 5.74) is 2.98. The molecule has 12 heteroatoms. The van der Waals surface area contributed by atoms with Crippen molar-refractivity contribution in [2.24, 2.45) is 5.92 Å². The molecule has 0 spiro atoms. The molecule has 0 radical (unpaired) electrons. The number of fused-ring (bicyclic) bond motifs is 2. The Labute approximate surface area is 292 Å². The molecule has 49 heavy (non-hydrogen) atoms. The molecule has 0 N–H and O–H groups in total. The van der Waals surface area contributed by atoms with E-state index in [1.807, 2.05) is 12.1 Å². The lowest BCUT2D eigenvalue weighted by molar-refractivity contribution is -0.131. The van der Waals surface area contributed by atoms with Gasteiger partial charge in [-0.1, -0.05) is 42.4 Å². The van der Waals surface area contributed by atoms with Gasteiger partial charge in [-0.3, -0.25) is 9.69 Å². The number of aromatic nitrogens is 2. The summed E-state index contributed by atoms with van der Waals surface area (Å²) in [5.74, 6) is -0.622. The molecule has 1 unspecified atom stereocenters. The molecule has 2 aromatic carbocycles. The first-order valence-corrected chi connectivity index (χ1v) is 17.8. The van der Waals surface area contributed by atoms with Gasteiger partial charge in [0.25, 0.3) is 5.91 Å². The van der Waals surface area contributed by atoms with Crippen LogP contribution < -0.4 is 14.5 Å². The number of hydrogen-bond acceptors (Lipinski definition) is 8. The van der Waals surface area contributed by atoms with Crippen molar-refractivity contribution in [2.75, 3.05) is 75.4 Å². The molecule has 3 fully saturated rings. The fraction of sp³-hybridized carbons (Fsp3) is 0.514. The molecule has 0 aliphatic carbocycles. The van der Waals surface area contributed by atoms with Crippen molar-refractivity contribution in [2.45, 2.75) is 50.7 Å². The number of rotatable bonds is 8. The van der Waals surface area contributed by atoms with Crippen molar-refractivity contribution in [3.8, 4) is 6.01 Å². The molecular weight excluding hydrogens is 645 g/mol. The molecule has 5 heterocycles. The maximum atomic E-state index is 13.9. The lowest BCUT2D eigenvalue weighted by Gasteiger charge is -2.41. The lowest BCUT2D eigenvalue weighted by Crippen LogP contribution is -2.57. The molecule has 0 bridgehead atoms. The van der Waals surface area contributed by atoms with Crippen LogP contribution in [-0.4, -0.2) is 103 Å². The van der Waals surface area contributed by atoms with E-state index in [1.54, 1.807) is 0 Å². The van der Waals surface area contributed by atoms with E-state index in [0.29, 0.717) is 55.7 Å². The van der Waals surface area contributed by atoms with Gasteiger partial charge in [0.05, 0.1) is 23.9 Å². The fourth-order valence-corrected chi connectivity index (χ4v) is 8.28. The fourth-order valence-electron chi connectivity index (χ4n) is 8.00. The number of halogens is 2. The van der Waals surface area contributed by atoms with Crippen molar-refractivity contribution >= 4 is 39.8 Å². The number of nitrogens with zero attached hydrogens (tertiary/aromatic N) is 7. The topological polar surface area (TPSA) is 78.6 Å². The second-order valence-electron chi connectivity index (χ2n) is 13.5. The first-order chi connectivity index (χ1) is 23.9. The van der Waals surface area contributed by atoms with Crippen LogP contribution >= 0.6 is 11.6 Å². The van der Waals surface area contributed by atoms with Gasteiger partial charge >= 0.3 is 6.01 Å². The number of anilines is 2. The van der Waals surface area contributed by atoms with Crippen molar-refractivity contribution in [3.05, 3.63) is 76.5 Å². The zero-order valence-electron chi connectivity index (χ0n) is 27.8. The van der Waals surface area contributed by atoms with Gasteiger partial charge in [-0.2, -0.15) is 9.97 Å². The summed E-state index contributed by atoms with van der Waals surface area (Å²) >= 11 is 6.73. The summed E-state index contributed by atoms with van der Waals surface area (Å²) in [7, 11) is 0. The largest absolute Gasteiger partial charge is 0.463 e. The Morgan fingerprint density at radius 3 is 2.67 bits per heavy atom. The second-order valence-corrected chi connectivity index (χ2v) is 14.0. The summed E-state index contributed by atoms with van der Waals surface area (Å²) in [6.45, 7) is 17.5. The monoisotopic (exact) mass is 687 g/mol. The van der Waals surface area contributed by atoms with Crippen LogP contribution in [0.1, 0.15) is 36.9 Å². The van der Waals surface area contributed by atoms with Gasteiger partial charge in [0.2, 0.25) is 6.54 Å². The standard InChI is InChI=1S/C37H43ClFN7O3/c1-25(39)36(47)46-17-16-45(22-29(46)20-40-2)35-30-11-15-44(33-10-4-8-27-7-3-9-31(38)34(27)33)23-32(30)41-37(42-35)49-24-26-6-5-14-43(21-26)28-12-18-48-19-13-28/h3-4,7-10,26,28-29H,1,5-6,11-24H2/t26?,29-/m0/s1. The molecule has 1 amide bonds. The molecule has 258 valence electrons. The second kappa shape index (κ2) is 14.9. The summed E-state index contributed by atoms with van der Waals surface area (Å²) in [4.78, 5) is 34.7. The number of ether oxygens (including phenoxy) is 2. The summed E-state index contributed by atoms with van der Waals surface area (Å²) in [6, 6.07) is 12.6. The number of piperazine rings is 1. The summed E-state index contributed by atoms with van der Waals surface area (Å²) < 4.78 is 26.0. The van der Waals surface area contributed by atoms with Crippen LogP contribution in [0.2, 0.25) is 5.02 Å². The third-order valence-corrected chi connectivity index (χ3v) is 10.8. The predicted molar refractivity (Wildman–Crippen MR) is 189 cm³/mol. The maximum Gasteiger partial charge on any atom is 0.318 e. The summed E-state index contributed by atoms with van der Waals surface area (Å²) in [6.07, 6.45) is 5.09. The Morgan fingerprint density at radius 2 is 1.88 bits per heavy atom. The minimum Gasteiger partial charge on any atom is -0.463 e. The van der Waals surface area contributed by atoms with Crippen LogP contribution in [0.5, 0.6) is 6.01 Å². The van der Waals surface area contributed by atoms with Gasteiger partial charge in [-0.15, -0.1) is 0 Å². The average Bonchev–Trinajstić information content (AvgIpc) is 3.13. The Kier molecular flexibility index (Phi) is 10.2. The Morgan fingerprint density at radius 1 is 1.06 bits per heavy atom. The molecule has 10 nitrogen and oxygen atoms in total. The number of amides is 1. The number of piperidine rings is 1. The van der Waals surface area contributed by atoms with Crippen molar-refractivity contribution in [1.29, 1.82) is 0 Å². The summed E-state index contributed by atoms with van der Waals surface area (Å²) in [5, 5.41) is 2.81. The molecule has 0 saturated carbocycles. The quantitative estimate of drug-likeness (QED) is 0.226. The minimum absolute atomic E-state index is 0.0626. The third kappa shape index (κ3) is 7.18. The van der Waals surface area contributed by atoms with E-state index in [0.717, 1.165) is 92.1 Å². The van der Waals surface area contributed by atoms with Crippen molar-refractivity contribution in [3.63, 3.8) is 0 Å². The molecule has 7 rings (SSSR count). The average molecular weight is 688 g/mol. The Bertz CT molecular complexity index is 1740. The van der Waals surface area contributed by atoms with Gasteiger partial charge in [0.15, 0.2) is 5.83 Å². The number of likely N-dealkylation sites (tertiary alicyclic amines) is 1. The molecule has 4 aliphatic heterocycles. The lowest BCUT2D eigenvalue weighted by atomic mass is 9.95. The van der Waals surface area contributed by atoms with Crippen LogP contribution in [0.4, 0.5) is 15.9 Å². The van der Waals surface area contributed by atoms with Gasteiger partial charge in [0.1, 0.15) is 11.9 Å². The first-order valence-electron chi connectivity index (χ1n) is 17.4. The molecule has 2 atom stereocenters. The maximum absolute atomic E-state index is 13.9. The van der Waals surface area contributed by atoms with Crippen LogP contribution in [-0.2, 0) is 22.5 Å². The highest BCUT2D eigenvalue weighted by molar-refractivity contribution is 6.36. The zero-order valence-corrected chi connectivity index (χ0v) is 28.6. The highest BCUT2D eigenvalue weighted by atomic mass is 35.5. The number of carbonyl (C=O) groups excluding carboxylic acids is 1. The van der Waals surface area contributed by atoms with Crippen LogP contribution in [0, 0.1) is 12.5 Å². The van der Waals surface area contributed by atoms with Crippen molar-refractivity contribution in [1.82, 2.24) is 19.8 Å². The van der Waals surface area contributed by atoms with Gasteiger partial charge < -0.3 is 29.0 Å². The molecular formula is C37H43ClFN7O3. The van der Waals surface area contributed by atoms with E-state index >= 15 is 0 Å². The van der Waals surface area contributed by atoms with E-state index in [-0.39, 0.29) is 13.1 Å². The first kappa shape index (κ1) is 33.5. The zero-order chi connectivity index (χ0) is 33.9. The smallest absolute Gasteiger partial charge is 0.318 e. The normalized spacial score (nSPS) is 22.1. The highest BCUT2D eigenvalue weighted by Gasteiger charge is 2.36. The predicted octanol–water partition coefficient (Wildman–Crippen LogP) is 5.54. The van der Waals surface area contributed by atoms with Crippen LogP contribution in [0.15, 0.2) is 48.8 Å². The minimum atomic E-state index is -1.01. The Balaban J connectivity index is 1.17. The van der Waals surface area contributed by atoms with E-state index < -0.39 is 17.8 Å². The van der Waals surface area contributed by atoms with E-state index in [4.69, 9.17) is 37.6 Å². The molecule has 1 aromatic heterocycles. The van der Waals surface area contributed by atoms with Crippen LogP contribution in [0.25, 0.3) is 15.6 Å². The number of carbonyl (C=O) groups is 1. The Hall–Kier alpha value is -3.98. The highest BCUT2D eigenvalue weighted by Crippen LogP contribution is 2.37. The number of benzene rings is 2. The third-order valence-electron chi connectivity index (χ3n) is 10.5. The van der Waals surface area contributed by atoms with Crippen LogP contribution in [0.3, 0.4) is 0 Å². The number of hydrogen-bond donors (Lipinski definition) is 0. The van der Waals surface area contributed by atoms with Gasteiger partial charge in [-0.05, 0) is 56.2 Å².